The molecule has 0 aromatic rings. The molecule has 1 atom stereocenters. The molecule has 2 fully saturated rings. The number of hydrogen-bond donors (Lipinski definition) is 0. The quantitative estimate of drug-likeness (QED) is 0.693. The van der Waals surface area contributed by atoms with Crippen LogP contribution in [0.1, 0.15) is 19.8 Å². The SMILES string of the molecule is CC(=O)CCN1CCC(N2CCOCC2)C1. The molecule has 0 saturated carbocycles. The van der Waals surface area contributed by atoms with Crippen molar-refractivity contribution in [3.63, 3.8) is 0 Å². The van der Waals surface area contributed by atoms with Crippen LogP contribution in [0.5, 0.6) is 0 Å². The lowest BCUT2D eigenvalue weighted by atomic mass is 10.2. The van der Waals surface area contributed by atoms with E-state index in [2.05, 4.69) is 9.80 Å². The number of rotatable bonds is 4. The van der Waals surface area contributed by atoms with Crippen molar-refractivity contribution in [3.05, 3.63) is 0 Å². The summed E-state index contributed by atoms with van der Waals surface area (Å²) in [5.41, 5.74) is 0. The summed E-state index contributed by atoms with van der Waals surface area (Å²) < 4.78 is 5.37. The van der Waals surface area contributed by atoms with E-state index in [0.717, 1.165) is 45.9 Å². The zero-order chi connectivity index (χ0) is 11.4. The Hall–Kier alpha value is -0.450. The summed E-state index contributed by atoms with van der Waals surface area (Å²) in [5, 5.41) is 0. The van der Waals surface area contributed by atoms with Crippen LogP contribution in [0.3, 0.4) is 0 Å². The number of likely N-dealkylation sites (tertiary alicyclic amines) is 1. The average Bonchev–Trinajstić information content (AvgIpc) is 2.76. The second-order valence-electron chi connectivity index (χ2n) is 4.84. The Morgan fingerprint density at radius 1 is 1.31 bits per heavy atom. The first-order valence-corrected chi connectivity index (χ1v) is 6.29. The molecule has 0 amide bonds. The van der Waals surface area contributed by atoms with Gasteiger partial charge in [-0.3, -0.25) is 9.69 Å². The van der Waals surface area contributed by atoms with Gasteiger partial charge in [0, 0.05) is 38.6 Å². The molecule has 2 saturated heterocycles. The summed E-state index contributed by atoms with van der Waals surface area (Å²) in [4.78, 5) is 15.9. The first-order chi connectivity index (χ1) is 7.75. The van der Waals surface area contributed by atoms with Crippen LogP contribution in [0.15, 0.2) is 0 Å². The number of carbonyl (C=O) groups is 1. The number of nitrogens with zero attached hydrogens (tertiary/aromatic N) is 2. The van der Waals surface area contributed by atoms with E-state index in [4.69, 9.17) is 4.74 Å². The van der Waals surface area contributed by atoms with Gasteiger partial charge in [-0.15, -0.1) is 0 Å². The Bertz CT molecular complexity index is 239. The topological polar surface area (TPSA) is 32.8 Å². The number of ketones is 1. The maximum absolute atomic E-state index is 10.9. The smallest absolute Gasteiger partial charge is 0.131 e. The number of ether oxygens (including phenoxy) is 1. The molecule has 2 heterocycles. The van der Waals surface area contributed by atoms with Crippen LogP contribution in [0.25, 0.3) is 0 Å². The Morgan fingerprint density at radius 3 is 2.75 bits per heavy atom. The van der Waals surface area contributed by atoms with Gasteiger partial charge in [0.05, 0.1) is 13.2 Å². The predicted octanol–water partition coefficient (Wildman–Crippen LogP) is 0.372. The summed E-state index contributed by atoms with van der Waals surface area (Å²) >= 11 is 0. The molecule has 0 N–H and O–H groups in total. The maximum Gasteiger partial charge on any atom is 0.131 e. The van der Waals surface area contributed by atoms with Gasteiger partial charge in [0.25, 0.3) is 0 Å². The lowest BCUT2D eigenvalue weighted by molar-refractivity contribution is -0.117. The lowest BCUT2D eigenvalue weighted by Crippen LogP contribution is -2.44. The van der Waals surface area contributed by atoms with Crippen molar-refractivity contribution in [2.24, 2.45) is 0 Å². The summed E-state index contributed by atoms with van der Waals surface area (Å²) in [6, 6.07) is 0.691. The number of carbonyl (C=O) groups excluding carboxylic acids is 1. The summed E-state index contributed by atoms with van der Waals surface area (Å²) in [6.07, 6.45) is 1.95. The number of morpholine rings is 1. The van der Waals surface area contributed by atoms with Crippen molar-refractivity contribution in [1.29, 1.82) is 0 Å². The minimum atomic E-state index is 0.301. The highest BCUT2D eigenvalue weighted by Crippen LogP contribution is 2.16. The van der Waals surface area contributed by atoms with E-state index in [1.54, 1.807) is 6.92 Å². The molecular formula is C12H22N2O2. The predicted molar refractivity (Wildman–Crippen MR) is 62.5 cm³/mol. The van der Waals surface area contributed by atoms with Gasteiger partial charge in [-0.25, -0.2) is 0 Å². The van der Waals surface area contributed by atoms with Gasteiger partial charge in [-0.2, -0.15) is 0 Å². The van der Waals surface area contributed by atoms with Gasteiger partial charge in [0.2, 0.25) is 0 Å². The van der Waals surface area contributed by atoms with Crippen LogP contribution in [-0.2, 0) is 9.53 Å². The standard InChI is InChI=1S/C12H22N2O2/c1-11(15)2-4-13-5-3-12(10-13)14-6-8-16-9-7-14/h12H,2-10H2,1H3. The van der Waals surface area contributed by atoms with E-state index in [1.807, 2.05) is 0 Å². The maximum atomic E-state index is 10.9. The van der Waals surface area contributed by atoms with Crippen molar-refractivity contribution in [2.75, 3.05) is 45.9 Å². The molecule has 4 nitrogen and oxygen atoms in total. The molecule has 2 rings (SSSR count). The second kappa shape index (κ2) is 5.75. The van der Waals surface area contributed by atoms with Crippen LogP contribution in [0.2, 0.25) is 0 Å². The number of hydrogen-bond acceptors (Lipinski definition) is 4. The molecule has 2 aliphatic heterocycles. The molecule has 0 aromatic heterocycles. The second-order valence-corrected chi connectivity index (χ2v) is 4.84. The molecule has 4 heteroatoms. The Labute approximate surface area is 97.5 Å². The zero-order valence-corrected chi connectivity index (χ0v) is 10.2. The minimum Gasteiger partial charge on any atom is -0.379 e. The van der Waals surface area contributed by atoms with Crippen molar-refractivity contribution in [3.8, 4) is 0 Å². The van der Waals surface area contributed by atoms with E-state index in [9.17, 15) is 4.79 Å². The van der Waals surface area contributed by atoms with Crippen molar-refractivity contribution >= 4 is 5.78 Å². The molecule has 16 heavy (non-hydrogen) atoms. The van der Waals surface area contributed by atoms with Gasteiger partial charge in [-0.05, 0) is 19.9 Å². The van der Waals surface area contributed by atoms with Gasteiger partial charge in [-0.1, -0.05) is 0 Å². The third-order valence-corrected chi connectivity index (χ3v) is 3.59. The van der Waals surface area contributed by atoms with Crippen LogP contribution in [0.4, 0.5) is 0 Å². The summed E-state index contributed by atoms with van der Waals surface area (Å²) in [6.45, 7) is 8.80. The van der Waals surface area contributed by atoms with Gasteiger partial charge in [0.1, 0.15) is 5.78 Å². The van der Waals surface area contributed by atoms with Crippen molar-refractivity contribution in [2.45, 2.75) is 25.8 Å². The van der Waals surface area contributed by atoms with Crippen molar-refractivity contribution in [1.82, 2.24) is 9.80 Å². The molecule has 1 unspecified atom stereocenters. The Kier molecular flexibility index (Phi) is 4.32. The molecule has 0 radical (unpaired) electrons. The highest BCUT2D eigenvalue weighted by atomic mass is 16.5. The van der Waals surface area contributed by atoms with Gasteiger partial charge in [0.15, 0.2) is 0 Å². The molecule has 0 bridgehead atoms. The van der Waals surface area contributed by atoms with Crippen LogP contribution in [0, 0.1) is 0 Å². The van der Waals surface area contributed by atoms with Crippen LogP contribution < -0.4 is 0 Å². The molecule has 0 aromatic carbocycles. The first kappa shape index (κ1) is 12.0. The first-order valence-electron chi connectivity index (χ1n) is 6.29. The molecule has 0 aliphatic carbocycles. The number of Topliss-reactive ketones (excluding diaryl/α,β-unsaturated/α-hetero) is 1. The van der Waals surface area contributed by atoms with E-state index >= 15 is 0 Å². The van der Waals surface area contributed by atoms with Gasteiger partial charge < -0.3 is 9.64 Å². The fourth-order valence-electron chi connectivity index (χ4n) is 2.57. The monoisotopic (exact) mass is 226 g/mol. The molecule has 2 aliphatic rings. The average molecular weight is 226 g/mol. The molecule has 92 valence electrons. The normalized spacial score (nSPS) is 28.4. The summed E-state index contributed by atoms with van der Waals surface area (Å²) in [5.74, 6) is 0.301. The fourth-order valence-corrected chi connectivity index (χ4v) is 2.57. The highest BCUT2D eigenvalue weighted by molar-refractivity contribution is 5.75. The van der Waals surface area contributed by atoms with E-state index in [-0.39, 0.29) is 0 Å². The highest BCUT2D eigenvalue weighted by Gasteiger charge is 2.28. The van der Waals surface area contributed by atoms with E-state index in [1.165, 1.54) is 6.42 Å². The van der Waals surface area contributed by atoms with E-state index in [0.29, 0.717) is 18.2 Å². The molecule has 0 spiro atoms. The zero-order valence-electron chi connectivity index (χ0n) is 10.2. The third kappa shape index (κ3) is 3.27. The van der Waals surface area contributed by atoms with Crippen molar-refractivity contribution < 1.29 is 9.53 Å². The Balaban J connectivity index is 1.72. The third-order valence-electron chi connectivity index (χ3n) is 3.59. The minimum absolute atomic E-state index is 0.301. The fraction of sp³-hybridized carbons (Fsp3) is 0.917. The van der Waals surface area contributed by atoms with Gasteiger partial charge >= 0.3 is 0 Å². The van der Waals surface area contributed by atoms with E-state index < -0.39 is 0 Å². The summed E-state index contributed by atoms with van der Waals surface area (Å²) in [7, 11) is 0. The Morgan fingerprint density at radius 2 is 2.06 bits per heavy atom. The lowest BCUT2D eigenvalue weighted by Gasteiger charge is -2.32. The largest absolute Gasteiger partial charge is 0.379 e. The van der Waals surface area contributed by atoms with Crippen LogP contribution >= 0.6 is 0 Å². The molecular weight excluding hydrogens is 204 g/mol. The van der Waals surface area contributed by atoms with Crippen LogP contribution in [-0.4, -0.2) is 67.6 Å².